The number of hydrogen-bond donors (Lipinski definition) is 3. The van der Waals surface area contributed by atoms with Gasteiger partial charge in [-0.25, -0.2) is 9.79 Å². The summed E-state index contributed by atoms with van der Waals surface area (Å²) in [5, 5.41) is 19.0. The topological polar surface area (TPSA) is 103 Å². The summed E-state index contributed by atoms with van der Waals surface area (Å²) >= 11 is 1.44. The smallest absolute Gasteiger partial charge is 0.335 e. The van der Waals surface area contributed by atoms with E-state index >= 15 is 0 Å². The minimum absolute atomic E-state index is 0.161. The van der Waals surface area contributed by atoms with Gasteiger partial charge in [-0.15, -0.1) is 11.8 Å². The maximum absolute atomic E-state index is 12.2. The fraction of sp³-hybridized carbons (Fsp3) is 0.0588. The SMILES string of the molecule is C=NC(=N)CSc1ccc(C(=O)Nc2ccc(C(=O)O)cc2)cc1. The number of nitrogens with zero attached hydrogens (tertiary/aromatic N) is 1. The molecule has 0 saturated carbocycles. The summed E-state index contributed by atoms with van der Waals surface area (Å²) in [6, 6.07) is 12.9. The molecule has 122 valence electrons. The van der Waals surface area contributed by atoms with E-state index in [0.29, 0.717) is 17.0 Å². The van der Waals surface area contributed by atoms with Crippen molar-refractivity contribution in [3.63, 3.8) is 0 Å². The van der Waals surface area contributed by atoms with Crippen LogP contribution >= 0.6 is 11.8 Å². The molecule has 0 aliphatic rings. The van der Waals surface area contributed by atoms with Crippen molar-refractivity contribution in [3.8, 4) is 0 Å². The molecule has 0 bridgehead atoms. The molecule has 0 heterocycles. The molecular weight excluding hydrogens is 326 g/mol. The first-order valence-corrected chi connectivity index (χ1v) is 7.90. The number of thioether (sulfide) groups is 1. The average Bonchev–Trinajstić information content (AvgIpc) is 2.60. The Hall–Kier alpha value is -2.93. The lowest BCUT2D eigenvalue weighted by molar-refractivity contribution is 0.0696. The lowest BCUT2D eigenvalue weighted by Crippen LogP contribution is -2.11. The fourth-order valence-electron chi connectivity index (χ4n) is 1.80. The lowest BCUT2D eigenvalue weighted by Gasteiger charge is -2.06. The highest BCUT2D eigenvalue weighted by Gasteiger charge is 2.08. The van der Waals surface area contributed by atoms with Gasteiger partial charge >= 0.3 is 5.97 Å². The Morgan fingerprint density at radius 1 is 1.08 bits per heavy atom. The number of amidine groups is 1. The molecule has 0 saturated heterocycles. The van der Waals surface area contributed by atoms with Gasteiger partial charge in [0.1, 0.15) is 5.84 Å². The molecule has 0 spiro atoms. The van der Waals surface area contributed by atoms with E-state index in [1.807, 2.05) is 0 Å². The molecule has 2 aromatic rings. The molecular formula is C17H15N3O3S. The number of rotatable bonds is 6. The predicted molar refractivity (Wildman–Crippen MR) is 95.8 cm³/mol. The van der Waals surface area contributed by atoms with E-state index in [4.69, 9.17) is 10.5 Å². The number of benzene rings is 2. The zero-order chi connectivity index (χ0) is 17.5. The second-order valence-electron chi connectivity index (χ2n) is 4.75. The molecule has 3 N–H and O–H groups in total. The second-order valence-corrected chi connectivity index (χ2v) is 5.80. The summed E-state index contributed by atoms with van der Waals surface area (Å²) in [6.45, 7) is 3.29. The van der Waals surface area contributed by atoms with E-state index in [1.165, 1.54) is 23.9 Å². The highest BCUT2D eigenvalue weighted by atomic mass is 32.2. The standard InChI is InChI=1S/C17H15N3O3S/c1-19-15(18)10-24-14-8-4-11(5-9-14)16(21)20-13-6-2-12(3-7-13)17(22)23/h2-9,18H,1,10H2,(H,20,21)(H,22,23). The van der Waals surface area contributed by atoms with Crippen LogP contribution in [-0.2, 0) is 0 Å². The maximum atomic E-state index is 12.2. The summed E-state index contributed by atoms with van der Waals surface area (Å²) in [6.07, 6.45) is 0. The van der Waals surface area contributed by atoms with E-state index in [1.54, 1.807) is 36.4 Å². The lowest BCUT2D eigenvalue weighted by atomic mass is 10.2. The zero-order valence-corrected chi connectivity index (χ0v) is 13.5. The van der Waals surface area contributed by atoms with Gasteiger partial charge in [-0.1, -0.05) is 0 Å². The van der Waals surface area contributed by atoms with E-state index in [-0.39, 0.29) is 17.3 Å². The highest BCUT2D eigenvalue weighted by Crippen LogP contribution is 2.19. The molecule has 0 aliphatic heterocycles. The van der Waals surface area contributed by atoms with Crippen LogP contribution in [0.2, 0.25) is 0 Å². The minimum atomic E-state index is -1.01. The van der Waals surface area contributed by atoms with E-state index in [2.05, 4.69) is 17.0 Å². The molecule has 24 heavy (non-hydrogen) atoms. The van der Waals surface area contributed by atoms with E-state index < -0.39 is 5.97 Å². The van der Waals surface area contributed by atoms with Gasteiger partial charge in [-0.3, -0.25) is 10.2 Å². The van der Waals surface area contributed by atoms with Gasteiger partial charge in [0.2, 0.25) is 0 Å². The first kappa shape index (κ1) is 17.4. The Balaban J connectivity index is 1.98. The highest BCUT2D eigenvalue weighted by molar-refractivity contribution is 8.00. The maximum Gasteiger partial charge on any atom is 0.335 e. The number of carbonyl (C=O) groups excluding carboxylic acids is 1. The van der Waals surface area contributed by atoms with Gasteiger partial charge in [0.15, 0.2) is 0 Å². The Morgan fingerprint density at radius 2 is 1.67 bits per heavy atom. The van der Waals surface area contributed by atoms with Gasteiger partial charge in [0.25, 0.3) is 5.91 Å². The summed E-state index contributed by atoms with van der Waals surface area (Å²) in [5.41, 5.74) is 1.17. The average molecular weight is 341 g/mol. The van der Waals surface area contributed by atoms with Crippen LogP contribution in [-0.4, -0.2) is 35.3 Å². The Morgan fingerprint density at radius 3 is 2.21 bits per heavy atom. The van der Waals surface area contributed by atoms with Crippen LogP contribution < -0.4 is 5.32 Å². The summed E-state index contributed by atoms with van der Waals surface area (Å²) in [7, 11) is 0. The fourth-order valence-corrected chi connectivity index (χ4v) is 2.52. The van der Waals surface area contributed by atoms with Crippen molar-refractivity contribution in [1.82, 2.24) is 0 Å². The minimum Gasteiger partial charge on any atom is -0.478 e. The molecule has 0 aliphatic carbocycles. The number of anilines is 1. The largest absolute Gasteiger partial charge is 0.478 e. The molecule has 0 fully saturated rings. The first-order valence-electron chi connectivity index (χ1n) is 6.91. The quantitative estimate of drug-likeness (QED) is 0.425. The van der Waals surface area contributed by atoms with Gasteiger partial charge in [0.05, 0.1) is 11.3 Å². The van der Waals surface area contributed by atoms with Crippen LogP contribution in [0.25, 0.3) is 0 Å². The number of carboxylic acid groups (broad SMARTS) is 1. The van der Waals surface area contributed by atoms with Crippen molar-refractivity contribution >= 4 is 41.9 Å². The van der Waals surface area contributed by atoms with Crippen LogP contribution in [0, 0.1) is 5.41 Å². The normalized spacial score (nSPS) is 10.0. The number of carbonyl (C=O) groups is 2. The molecule has 7 heteroatoms. The summed E-state index contributed by atoms with van der Waals surface area (Å²) < 4.78 is 0. The van der Waals surface area contributed by atoms with Gasteiger partial charge < -0.3 is 10.4 Å². The summed E-state index contributed by atoms with van der Waals surface area (Å²) in [4.78, 5) is 27.4. The Bertz CT molecular complexity index is 771. The Kier molecular flexibility index (Phi) is 5.86. The molecule has 0 unspecified atom stereocenters. The number of aromatic carboxylic acids is 1. The molecule has 2 aromatic carbocycles. The number of aliphatic imine (C=N–C) groups is 1. The third kappa shape index (κ3) is 4.79. The number of hydrogen-bond acceptors (Lipinski definition) is 4. The molecule has 1 amide bonds. The van der Waals surface area contributed by atoms with Crippen LogP contribution in [0.15, 0.2) is 58.4 Å². The monoisotopic (exact) mass is 341 g/mol. The van der Waals surface area contributed by atoms with Crippen LogP contribution in [0.3, 0.4) is 0 Å². The first-order chi connectivity index (χ1) is 11.5. The second kappa shape index (κ2) is 8.07. The predicted octanol–water partition coefficient (Wildman–Crippen LogP) is 3.41. The van der Waals surface area contributed by atoms with Crippen molar-refractivity contribution in [2.45, 2.75) is 4.90 Å². The summed E-state index contributed by atoms with van der Waals surface area (Å²) in [5.74, 6) is -0.673. The number of carboxylic acids is 1. The molecule has 0 aromatic heterocycles. The number of nitrogens with one attached hydrogen (secondary N) is 2. The zero-order valence-electron chi connectivity index (χ0n) is 12.7. The van der Waals surface area contributed by atoms with Crippen LogP contribution in [0.5, 0.6) is 0 Å². The molecule has 0 radical (unpaired) electrons. The van der Waals surface area contributed by atoms with Gasteiger partial charge in [-0.2, -0.15) is 0 Å². The van der Waals surface area contributed by atoms with Crippen molar-refractivity contribution in [2.75, 3.05) is 11.1 Å². The third-order valence-corrected chi connectivity index (χ3v) is 4.10. The van der Waals surface area contributed by atoms with E-state index in [0.717, 1.165) is 4.90 Å². The Labute approximate surface area is 143 Å². The van der Waals surface area contributed by atoms with Crippen molar-refractivity contribution in [2.24, 2.45) is 4.99 Å². The molecule has 6 nitrogen and oxygen atoms in total. The molecule has 0 atom stereocenters. The van der Waals surface area contributed by atoms with Crippen LogP contribution in [0.4, 0.5) is 5.69 Å². The van der Waals surface area contributed by atoms with Crippen molar-refractivity contribution in [3.05, 3.63) is 59.7 Å². The van der Waals surface area contributed by atoms with Crippen LogP contribution in [0.1, 0.15) is 20.7 Å². The van der Waals surface area contributed by atoms with Crippen molar-refractivity contribution in [1.29, 1.82) is 5.41 Å². The van der Waals surface area contributed by atoms with Crippen molar-refractivity contribution < 1.29 is 14.7 Å². The third-order valence-electron chi connectivity index (χ3n) is 3.07. The van der Waals surface area contributed by atoms with E-state index in [9.17, 15) is 9.59 Å². The molecule has 2 rings (SSSR count). The van der Waals surface area contributed by atoms with Gasteiger partial charge in [0, 0.05) is 16.1 Å². The van der Waals surface area contributed by atoms with Gasteiger partial charge in [-0.05, 0) is 55.2 Å². The number of amides is 1.